The summed E-state index contributed by atoms with van der Waals surface area (Å²) >= 11 is 0. The normalized spacial score (nSPS) is 10.4. The zero-order valence-electron chi connectivity index (χ0n) is 17.6. The van der Waals surface area contributed by atoms with Crippen LogP contribution in [0.1, 0.15) is 21.6 Å². The Kier molecular flexibility index (Phi) is 7.68. The molecule has 34 heavy (non-hydrogen) atoms. The SMILES string of the molecule is NS(=O)(=O)c1ccc(C(=O)NCc2cn(CC(=O)Nc3ccc(C#CC=C=O)cc3)nn2)cc1. The number of aromatic nitrogens is 3. The van der Waals surface area contributed by atoms with Gasteiger partial charge in [-0.2, -0.15) is 0 Å². The van der Waals surface area contributed by atoms with Crippen LogP contribution in [0.4, 0.5) is 5.69 Å². The molecule has 0 fully saturated rings. The zero-order valence-corrected chi connectivity index (χ0v) is 18.4. The van der Waals surface area contributed by atoms with E-state index in [2.05, 4.69) is 32.8 Å². The Morgan fingerprint density at radius 3 is 2.44 bits per heavy atom. The van der Waals surface area contributed by atoms with Gasteiger partial charge in [-0.15, -0.1) is 5.10 Å². The maximum Gasteiger partial charge on any atom is 0.251 e. The van der Waals surface area contributed by atoms with Gasteiger partial charge >= 0.3 is 0 Å². The Bertz CT molecular complexity index is 1410. The molecule has 2 aromatic carbocycles. The second-order valence-corrected chi connectivity index (χ2v) is 8.38. The lowest BCUT2D eigenvalue weighted by Gasteiger charge is -2.05. The lowest BCUT2D eigenvalue weighted by Crippen LogP contribution is -2.23. The number of carbonyl (C=O) groups excluding carboxylic acids is 3. The van der Waals surface area contributed by atoms with Gasteiger partial charge in [-0.25, -0.2) is 23.0 Å². The maximum absolute atomic E-state index is 12.2. The molecule has 1 aromatic heterocycles. The first-order valence-corrected chi connectivity index (χ1v) is 11.2. The predicted octanol–water partition coefficient (Wildman–Crippen LogP) is 0.234. The molecule has 0 saturated heterocycles. The molecule has 3 aromatic rings. The number of nitrogens with zero attached hydrogens (tertiary/aromatic N) is 3. The third kappa shape index (κ3) is 6.98. The number of hydrogen-bond acceptors (Lipinski definition) is 7. The van der Waals surface area contributed by atoms with Gasteiger partial charge in [0.2, 0.25) is 15.9 Å². The fourth-order valence-electron chi connectivity index (χ4n) is 2.70. The second-order valence-electron chi connectivity index (χ2n) is 6.82. The van der Waals surface area contributed by atoms with Crippen molar-refractivity contribution in [2.75, 3.05) is 5.32 Å². The molecule has 0 unspecified atom stereocenters. The summed E-state index contributed by atoms with van der Waals surface area (Å²) in [6.45, 7) is -0.0408. The van der Waals surface area contributed by atoms with Gasteiger partial charge in [-0.3, -0.25) is 9.59 Å². The summed E-state index contributed by atoms with van der Waals surface area (Å²) in [5.74, 6) is 6.06. The first-order chi connectivity index (χ1) is 16.2. The summed E-state index contributed by atoms with van der Waals surface area (Å²) in [7, 11) is -3.84. The van der Waals surface area contributed by atoms with Crippen molar-refractivity contribution < 1.29 is 22.8 Å². The fraction of sp³-hybridized carbons (Fsp3) is 0.0909. The van der Waals surface area contributed by atoms with Gasteiger partial charge in [0, 0.05) is 16.8 Å². The van der Waals surface area contributed by atoms with Gasteiger partial charge in [0.1, 0.15) is 18.2 Å². The second kappa shape index (κ2) is 10.8. The number of amides is 2. The molecule has 11 nitrogen and oxygen atoms in total. The summed E-state index contributed by atoms with van der Waals surface area (Å²) in [5, 5.41) is 18.2. The van der Waals surface area contributed by atoms with E-state index in [0.29, 0.717) is 16.9 Å². The number of hydrogen-bond donors (Lipinski definition) is 3. The van der Waals surface area contributed by atoms with E-state index < -0.39 is 15.9 Å². The Labute approximate surface area is 194 Å². The molecule has 172 valence electrons. The molecular weight excluding hydrogens is 460 g/mol. The minimum atomic E-state index is -3.84. The fourth-order valence-corrected chi connectivity index (χ4v) is 3.21. The summed E-state index contributed by atoms with van der Waals surface area (Å²) in [5.41, 5.74) is 1.90. The lowest BCUT2D eigenvalue weighted by molar-refractivity contribution is -0.116. The van der Waals surface area contributed by atoms with Crippen molar-refractivity contribution in [3.63, 3.8) is 0 Å². The maximum atomic E-state index is 12.2. The Morgan fingerprint density at radius 1 is 1.09 bits per heavy atom. The summed E-state index contributed by atoms with van der Waals surface area (Å²) in [4.78, 5) is 34.5. The highest BCUT2D eigenvalue weighted by atomic mass is 32.2. The Hall–Kier alpha value is -4.56. The molecule has 2 amide bonds. The third-order valence-corrected chi connectivity index (χ3v) is 5.21. The predicted molar refractivity (Wildman–Crippen MR) is 121 cm³/mol. The van der Waals surface area contributed by atoms with Crippen LogP contribution >= 0.6 is 0 Å². The van der Waals surface area contributed by atoms with Crippen LogP contribution in [0.3, 0.4) is 0 Å². The largest absolute Gasteiger partial charge is 0.346 e. The van der Waals surface area contributed by atoms with E-state index in [1.54, 1.807) is 30.2 Å². The number of sulfonamides is 1. The highest BCUT2D eigenvalue weighted by molar-refractivity contribution is 7.89. The van der Waals surface area contributed by atoms with Crippen LogP contribution in [-0.4, -0.2) is 41.2 Å². The quantitative estimate of drug-likeness (QED) is 0.323. The standard InChI is InChI=1S/C22H18N6O5S/c23-34(32,33)20-10-6-17(7-11-20)22(31)24-13-19-14-28(27-26-19)15-21(30)25-18-8-4-16(5-9-18)3-1-2-12-29/h2,4-11,14H,13,15H2,(H,24,31)(H,25,30)(H2,23,32,33). The van der Waals surface area contributed by atoms with Crippen LogP contribution in [0.2, 0.25) is 0 Å². The first kappa shape index (κ1) is 24.1. The average molecular weight is 478 g/mol. The Balaban J connectivity index is 1.50. The van der Waals surface area contributed by atoms with Gasteiger partial charge in [0.25, 0.3) is 5.91 Å². The van der Waals surface area contributed by atoms with Crippen molar-refractivity contribution in [1.82, 2.24) is 20.3 Å². The molecule has 0 saturated carbocycles. The molecule has 0 aliphatic heterocycles. The summed E-state index contributed by atoms with van der Waals surface area (Å²) in [6, 6.07) is 11.9. The molecule has 1 heterocycles. The number of primary sulfonamides is 1. The van der Waals surface area contributed by atoms with Crippen LogP contribution in [-0.2, 0) is 32.7 Å². The zero-order chi connectivity index (χ0) is 24.6. The molecule has 0 bridgehead atoms. The number of carbonyl (C=O) groups is 2. The molecule has 3 rings (SSSR count). The van der Waals surface area contributed by atoms with Crippen molar-refractivity contribution in [1.29, 1.82) is 0 Å². The van der Waals surface area contributed by atoms with E-state index in [1.807, 2.05) is 0 Å². The average Bonchev–Trinajstić information content (AvgIpc) is 3.25. The molecule has 0 aliphatic rings. The number of nitrogens with two attached hydrogens (primary N) is 1. The highest BCUT2D eigenvalue weighted by Crippen LogP contribution is 2.10. The van der Waals surface area contributed by atoms with Crippen LogP contribution in [0.5, 0.6) is 0 Å². The molecule has 0 radical (unpaired) electrons. The van der Waals surface area contributed by atoms with Gasteiger partial charge < -0.3 is 10.6 Å². The van der Waals surface area contributed by atoms with Crippen molar-refractivity contribution in [3.05, 3.63) is 77.6 Å². The molecule has 0 aliphatic carbocycles. The van der Waals surface area contributed by atoms with Gasteiger partial charge in [0.15, 0.2) is 0 Å². The van der Waals surface area contributed by atoms with Crippen LogP contribution in [0, 0.1) is 11.8 Å². The van der Waals surface area contributed by atoms with Crippen molar-refractivity contribution in [3.8, 4) is 11.8 Å². The number of benzene rings is 2. The van der Waals surface area contributed by atoms with E-state index in [9.17, 15) is 22.8 Å². The Morgan fingerprint density at radius 2 is 1.79 bits per heavy atom. The van der Waals surface area contributed by atoms with E-state index in [-0.39, 0.29) is 29.5 Å². The van der Waals surface area contributed by atoms with Crippen molar-refractivity contribution in [2.45, 2.75) is 18.0 Å². The third-order valence-electron chi connectivity index (χ3n) is 4.28. The summed E-state index contributed by atoms with van der Waals surface area (Å²) < 4.78 is 23.9. The minimum absolute atomic E-state index is 0.0547. The van der Waals surface area contributed by atoms with E-state index in [1.165, 1.54) is 35.1 Å². The molecule has 12 heteroatoms. The lowest BCUT2D eigenvalue weighted by atomic mass is 10.2. The molecular formula is C22H18N6O5S. The molecule has 0 atom stereocenters. The van der Waals surface area contributed by atoms with Gasteiger partial charge in [-0.1, -0.05) is 17.1 Å². The topological polar surface area (TPSA) is 166 Å². The number of rotatable bonds is 7. The monoisotopic (exact) mass is 478 g/mol. The van der Waals surface area contributed by atoms with Gasteiger partial charge in [0.05, 0.1) is 23.7 Å². The van der Waals surface area contributed by atoms with E-state index >= 15 is 0 Å². The molecule has 0 spiro atoms. The van der Waals surface area contributed by atoms with Crippen molar-refractivity contribution in [2.24, 2.45) is 5.14 Å². The first-order valence-electron chi connectivity index (χ1n) is 9.65. The van der Waals surface area contributed by atoms with E-state index in [0.717, 1.165) is 6.08 Å². The smallest absolute Gasteiger partial charge is 0.251 e. The van der Waals surface area contributed by atoms with Crippen molar-refractivity contribution >= 4 is 33.5 Å². The summed E-state index contributed by atoms with van der Waals surface area (Å²) in [6.07, 6.45) is 2.59. The van der Waals surface area contributed by atoms with Gasteiger partial charge in [-0.05, 0) is 48.5 Å². The van der Waals surface area contributed by atoms with Crippen LogP contribution in [0.15, 0.2) is 65.7 Å². The van der Waals surface area contributed by atoms with Crippen LogP contribution < -0.4 is 15.8 Å². The number of allylic oxidation sites excluding steroid dienone is 1. The molecule has 4 N–H and O–H groups in total. The number of nitrogens with one attached hydrogen (secondary N) is 2. The minimum Gasteiger partial charge on any atom is -0.346 e. The van der Waals surface area contributed by atoms with Crippen LogP contribution in [0.25, 0.3) is 0 Å². The van der Waals surface area contributed by atoms with E-state index in [4.69, 9.17) is 5.14 Å². The number of anilines is 1. The highest BCUT2D eigenvalue weighted by Gasteiger charge is 2.12.